The lowest BCUT2D eigenvalue weighted by Gasteiger charge is -2.25. The number of anilines is 1. The van der Waals surface area contributed by atoms with E-state index in [9.17, 15) is 4.79 Å². The van der Waals surface area contributed by atoms with E-state index in [4.69, 9.17) is 0 Å². The standard InChI is InChI=1S/C27H46N2O/c1-3-5-7-9-11-13-15-17-23-29(24-18-16-14-12-10-8-6-4-2)27-21-19-26(20-22-27)28-25-30/h19-22H,3-18,23-24H2,1-2H3. The Kier molecular flexibility index (Phi) is 17.1. The van der Waals surface area contributed by atoms with Crippen LogP contribution in [0.1, 0.15) is 117 Å². The minimum Gasteiger partial charge on any atom is -0.372 e. The van der Waals surface area contributed by atoms with Gasteiger partial charge in [-0.1, -0.05) is 104 Å². The first-order chi connectivity index (χ1) is 14.8. The molecule has 0 bridgehead atoms. The lowest BCUT2D eigenvalue weighted by atomic mass is 10.1. The van der Waals surface area contributed by atoms with Gasteiger partial charge in [-0.05, 0) is 37.1 Å². The average molecular weight is 415 g/mol. The molecule has 0 aliphatic heterocycles. The molecule has 0 atom stereocenters. The van der Waals surface area contributed by atoms with Crippen molar-refractivity contribution in [3.8, 4) is 0 Å². The van der Waals surface area contributed by atoms with Crippen LogP contribution in [0.2, 0.25) is 0 Å². The van der Waals surface area contributed by atoms with Crippen LogP contribution in [0, 0.1) is 0 Å². The van der Waals surface area contributed by atoms with Crippen LogP contribution in [0.3, 0.4) is 0 Å². The molecule has 0 heterocycles. The van der Waals surface area contributed by atoms with E-state index >= 15 is 0 Å². The second kappa shape index (κ2) is 19.4. The minimum absolute atomic E-state index is 0.688. The Balaban J connectivity index is 2.36. The number of hydrogen-bond acceptors (Lipinski definition) is 3. The third-order valence-electron chi connectivity index (χ3n) is 5.95. The van der Waals surface area contributed by atoms with Gasteiger partial charge in [0.2, 0.25) is 6.08 Å². The summed E-state index contributed by atoms with van der Waals surface area (Å²) in [6.45, 7) is 6.81. The predicted octanol–water partition coefficient (Wildman–Crippen LogP) is 8.74. The monoisotopic (exact) mass is 414 g/mol. The SMILES string of the molecule is CCCCCCCCCCN(CCCCCCCCCC)c1ccc(N=C=O)cc1. The highest BCUT2D eigenvalue weighted by Gasteiger charge is 2.07. The van der Waals surface area contributed by atoms with Crippen LogP contribution in [0.4, 0.5) is 11.4 Å². The molecular formula is C27H46N2O. The van der Waals surface area contributed by atoms with Crippen molar-refractivity contribution >= 4 is 17.5 Å². The molecule has 0 N–H and O–H groups in total. The number of aliphatic imine (C=N–C) groups is 1. The molecule has 1 aromatic carbocycles. The number of hydrogen-bond donors (Lipinski definition) is 0. The largest absolute Gasteiger partial charge is 0.372 e. The van der Waals surface area contributed by atoms with Crippen molar-refractivity contribution in [3.63, 3.8) is 0 Å². The van der Waals surface area contributed by atoms with Crippen molar-refractivity contribution < 1.29 is 4.79 Å². The molecule has 0 saturated carbocycles. The van der Waals surface area contributed by atoms with E-state index in [1.54, 1.807) is 6.08 Å². The van der Waals surface area contributed by atoms with E-state index in [0.717, 1.165) is 13.1 Å². The van der Waals surface area contributed by atoms with Crippen LogP contribution in [-0.2, 0) is 4.79 Å². The summed E-state index contributed by atoms with van der Waals surface area (Å²) in [6, 6.07) is 8.06. The van der Waals surface area contributed by atoms with Crippen molar-refractivity contribution in [2.45, 2.75) is 117 Å². The number of benzene rings is 1. The zero-order valence-corrected chi connectivity index (χ0v) is 19.8. The molecule has 3 heteroatoms. The smallest absolute Gasteiger partial charge is 0.240 e. The Morgan fingerprint density at radius 2 is 1.03 bits per heavy atom. The first-order valence-corrected chi connectivity index (χ1v) is 12.7. The fraction of sp³-hybridized carbons (Fsp3) is 0.741. The number of unbranched alkanes of at least 4 members (excludes halogenated alkanes) is 14. The van der Waals surface area contributed by atoms with Gasteiger partial charge in [-0.2, -0.15) is 4.99 Å². The summed E-state index contributed by atoms with van der Waals surface area (Å²) in [6.07, 6.45) is 23.3. The first kappa shape index (κ1) is 26.4. The van der Waals surface area contributed by atoms with E-state index in [1.807, 2.05) is 12.1 Å². The van der Waals surface area contributed by atoms with Crippen LogP contribution in [0.25, 0.3) is 0 Å². The van der Waals surface area contributed by atoms with E-state index in [0.29, 0.717) is 5.69 Å². The molecule has 0 amide bonds. The van der Waals surface area contributed by atoms with Crippen LogP contribution < -0.4 is 4.90 Å². The van der Waals surface area contributed by atoms with Gasteiger partial charge < -0.3 is 4.90 Å². The summed E-state index contributed by atoms with van der Waals surface area (Å²) >= 11 is 0. The van der Waals surface area contributed by atoms with E-state index in [1.165, 1.54) is 108 Å². The lowest BCUT2D eigenvalue weighted by molar-refractivity contribution is 0.555. The van der Waals surface area contributed by atoms with Gasteiger partial charge >= 0.3 is 0 Å². The highest BCUT2D eigenvalue weighted by Crippen LogP contribution is 2.21. The minimum atomic E-state index is 0.688. The molecule has 0 aromatic heterocycles. The molecule has 0 unspecified atom stereocenters. The predicted molar refractivity (Wildman–Crippen MR) is 132 cm³/mol. The zero-order chi connectivity index (χ0) is 21.7. The molecule has 0 saturated heterocycles. The number of rotatable bonds is 20. The first-order valence-electron chi connectivity index (χ1n) is 12.7. The van der Waals surface area contributed by atoms with Gasteiger partial charge in [-0.25, -0.2) is 4.79 Å². The van der Waals surface area contributed by atoms with Crippen molar-refractivity contribution in [3.05, 3.63) is 24.3 Å². The second-order valence-electron chi connectivity index (χ2n) is 8.66. The number of isocyanates is 1. The highest BCUT2D eigenvalue weighted by atomic mass is 16.1. The molecular weight excluding hydrogens is 368 g/mol. The van der Waals surface area contributed by atoms with Gasteiger partial charge in [0.05, 0.1) is 5.69 Å². The van der Waals surface area contributed by atoms with Gasteiger partial charge in [-0.15, -0.1) is 0 Å². The van der Waals surface area contributed by atoms with Gasteiger partial charge in [0.25, 0.3) is 0 Å². The maximum atomic E-state index is 10.5. The van der Waals surface area contributed by atoms with Crippen LogP contribution in [-0.4, -0.2) is 19.2 Å². The zero-order valence-electron chi connectivity index (χ0n) is 19.8. The summed E-state index contributed by atoms with van der Waals surface area (Å²) < 4.78 is 0. The summed E-state index contributed by atoms with van der Waals surface area (Å²) in [4.78, 5) is 16.7. The molecule has 3 nitrogen and oxygen atoms in total. The van der Waals surface area contributed by atoms with Crippen LogP contribution >= 0.6 is 0 Å². The molecule has 1 rings (SSSR count). The quantitative estimate of drug-likeness (QED) is 0.121. The van der Waals surface area contributed by atoms with Gasteiger partial charge in [0.15, 0.2) is 0 Å². The lowest BCUT2D eigenvalue weighted by Crippen LogP contribution is -2.25. The number of carbonyl (C=O) groups excluding carboxylic acids is 1. The number of nitrogens with zero attached hydrogens (tertiary/aromatic N) is 2. The highest BCUT2D eigenvalue weighted by molar-refractivity contribution is 5.56. The maximum Gasteiger partial charge on any atom is 0.240 e. The summed E-state index contributed by atoms with van der Waals surface area (Å²) in [7, 11) is 0. The average Bonchev–Trinajstić information content (AvgIpc) is 2.77. The van der Waals surface area contributed by atoms with Crippen LogP contribution in [0.15, 0.2) is 29.3 Å². The van der Waals surface area contributed by atoms with Crippen LogP contribution in [0.5, 0.6) is 0 Å². The van der Waals surface area contributed by atoms with E-state index in [2.05, 4.69) is 35.9 Å². The molecule has 1 aromatic rings. The third-order valence-corrected chi connectivity index (χ3v) is 5.95. The van der Waals surface area contributed by atoms with E-state index < -0.39 is 0 Å². The fourth-order valence-corrected chi connectivity index (χ4v) is 4.03. The Hall–Kier alpha value is -1.60. The maximum absolute atomic E-state index is 10.5. The fourth-order valence-electron chi connectivity index (χ4n) is 4.03. The Labute approximate surface area is 186 Å². The molecule has 30 heavy (non-hydrogen) atoms. The topological polar surface area (TPSA) is 32.7 Å². The van der Waals surface area contributed by atoms with E-state index in [-0.39, 0.29) is 0 Å². The molecule has 0 aliphatic carbocycles. The Morgan fingerprint density at radius 3 is 1.43 bits per heavy atom. The van der Waals surface area contributed by atoms with Crippen molar-refractivity contribution in [1.29, 1.82) is 0 Å². The summed E-state index contributed by atoms with van der Waals surface area (Å²) in [5.41, 5.74) is 1.94. The normalized spacial score (nSPS) is 10.7. The van der Waals surface area contributed by atoms with Crippen molar-refractivity contribution in [2.24, 2.45) is 4.99 Å². The molecule has 0 fully saturated rings. The summed E-state index contributed by atoms with van der Waals surface area (Å²) in [5.74, 6) is 0. The van der Waals surface area contributed by atoms with Gasteiger partial charge in [-0.3, -0.25) is 0 Å². The Bertz CT molecular complexity index is 528. The second-order valence-corrected chi connectivity index (χ2v) is 8.66. The molecule has 0 radical (unpaired) electrons. The molecule has 0 spiro atoms. The third kappa shape index (κ3) is 13.6. The Morgan fingerprint density at radius 1 is 0.633 bits per heavy atom. The van der Waals surface area contributed by atoms with Crippen molar-refractivity contribution in [2.75, 3.05) is 18.0 Å². The van der Waals surface area contributed by atoms with Gasteiger partial charge in [0.1, 0.15) is 0 Å². The molecule has 0 aliphatic rings. The van der Waals surface area contributed by atoms with Crippen molar-refractivity contribution in [1.82, 2.24) is 0 Å². The van der Waals surface area contributed by atoms with Gasteiger partial charge in [0, 0.05) is 18.8 Å². The molecule has 170 valence electrons. The summed E-state index contributed by atoms with van der Waals surface area (Å²) in [5, 5.41) is 0.